The van der Waals surface area contributed by atoms with Gasteiger partial charge < -0.3 is 14.8 Å². The number of rotatable bonds is 3. The summed E-state index contributed by atoms with van der Waals surface area (Å²) in [4.78, 5) is 0. The van der Waals surface area contributed by atoms with E-state index in [-0.39, 0.29) is 5.41 Å². The molecule has 0 saturated carbocycles. The van der Waals surface area contributed by atoms with Crippen molar-refractivity contribution in [1.29, 1.82) is 0 Å². The average Bonchev–Trinajstić information content (AvgIpc) is 2.63. The molecule has 0 spiro atoms. The van der Waals surface area contributed by atoms with Crippen LogP contribution in [0.4, 0.5) is 0 Å². The van der Waals surface area contributed by atoms with E-state index < -0.39 is 0 Å². The van der Waals surface area contributed by atoms with E-state index in [9.17, 15) is 0 Å². The van der Waals surface area contributed by atoms with Gasteiger partial charge in [0.25, 0.3) is 0 Å². The molecule has 0 aliphatic carbocycles. The second kappa shape index (κ2) is 4.26. The number of halogens is 1. The second-order valence-electron chi connectivity index (χ2n) is 4.60. The smallest absolute Gasteiger partial charge is 0.231 e. The lowest BCUT2D eigenvalue weighted by molar-refractivity contribution is 0.174. The van der Waals surface area contributed by atoms with Crippen LogP contribution in [0.25, 0.3) is 0 Å². The molecule has 0 aromatic heterocycles. The Bertz CT molecular complexity index is 404. The lowest BCUT2D eigenvalue weighted by Crippen LogP contribution is -2.31. The van der Waals surface area contributed by atoms with E-state index in [1.54, 1.807) is 0 Å². The van der Waals surface area contributed by atoms with Gasteiger partial charge in [-0.25, -0.2) is 0 Å². The van der Waals surface area contributed by atoms with Gasteiger partial charge >= 0.3 is 0 Å². The van der Waals surface area contributed by atoms with Crippen molar-refractivity contribution >= 4 is 15.9 Å². The van der Waals surface area contributed by atoms with E-state index in [0.29, 0.717) is 6.79 Å². The topological polar surface area (TPSA) is 30.5 Å². The molecule has 1 heterocycles. The highest BCUT2D eigenvalue weighted by Gasteiger charge is 2.26. The van der Waals surface area contributed by atoms with Gasteiger partial charge in [-0.3, -0.25) is 0 Å². The van der Waals surface area contributed by atoms with Crippen LogP contribution >= 0.6 is 15.9 Å². The van der Waals surface area contributed by atoms with Crippen molar-refractivity contribution in [2.45, 2.75) is 19.3 Å². The van der Waals surface area contributed by atoms with Gasteiger partial charge in [0.2, 0.25) is 6.79 Å². The molecule has 4 heteroatoms. The molecule has 2 rings (SSSR count). The van der Waals surface area contributed by atoms with Gasteiger partial charge in [-0.2, -0.15) is 0 Å². The molecule has 1 aliphatic heterocycles. The lowest BCUT2D eigenvalue weighted by atomic mass is 9.84. The largest absolute Gasteiger partial charge is 0.454 e. The van der Waals surface area contributed by atoms with Crippen LogP contribution in [0.2, 0.25) is 0 Å². The first-order valence-corrected chi connectivity index (χ1v) is 6.08. The van der Waals surface area contributed by atoms with Crippen molar-refractivity contribution < 1.29 is 9.47 Å². The fourth-order valence-corrected chi connectivity index (χ4v) is 2.83. The molecule has 3 nitrogen and oxygen atoms in total. The minimum absolute atomic E-state index is 0.0502. The van der Waals surface area contributed by atoms with Crippen molar-refractivity contribution in [2.24, 2.45) is 0 Å². The maximum atomic E-state index is 5.40. The summed E-state index contributed by atoms with van der Waals surface area (Å²) < 4.78 is 11.8. The number of hydrogen-bond acceptors (Lipinski definition) is 3. The predicted molar refractivity (Wildman–Crippen MR) is 67.2 cm³/mol. The molecule has 1 aromatic carbocycles. The van der Waals surface area contributed by atoms with Crippen molar-refractivity contribution in [3.63, 3.8) is 0 Å². The van der Waals surface area contributed by atoms with Crippen LogP contribution in [0.15, 0.2) is 16.6 Å². The third-order valence-corrected chi connectivity index (χ3v) is 3.47. The second-order valence-corrected chi connectivity index (χ2v) is 5.45. The number of benzene rings is 1. The highest BCUT2D eigenvalue weighted by Crippen LogP contribution is 2.41. The molecule has 1 N–H and O–H groups in total. The molecular formula is C12H16BrNO2. The summed E-state index contributed by atoms with van der Waals surface area (Å²) in [6, 6.07) is 4.04. The molecule has 0 unspecified atom stereocenters. The van der Waals surface area contributed by atoms with E-state index in [1.165, 1.54) is 5.56 Å². The number of likely N-dealkylation sites (N-methyl/N-ethyl adjacent to an activating group) is 1. The zero-order valence-corrected chi connectivity index (χ0v) is 11.3. The van der Waals surface area contributed by atoms with E-state index >= 15 is 0 Å². The van der Waals surface area contributed by atoms with E-state index in [1.807, 2.05) is 13.1 Å². The summed E-state index contributed by atoms with van der Waals surface area (Å²) in [5.74, 6) is 1.65. The van der Waals surface area contributed by atoms with Gasteiger partial charge in [0.15, 0.2) is 11.5 Å². The number of hydrogen-bond donors (Lipinski definition) is 1. The monoisotopic (exact) mass is 285 g/mol. The molecule has 1 aliphatic rings. The maximum Gasteiger partial charge on any atom is 0.231 e. The van der Waals surface area contributed by atoms with Crippen LogP contribution in [0.3, 0.4) is 0 Å². The van der Waals surface area contributed by atoms with Crippen molar-refractivity contribution in [3.05, 3.63) is 22.2 Å². The molecule has 16 heavy (non-hydrogen) atoms. The van der Waals surface area contributed by atoms with Crippen LogP contribution in [-0.4, -0.2) is 20.4 Å². The Balaban J connectivity index is 2.41. The Kier molecular flexibility index (Phi) is 3.13. The Hall–Kier alpha value is -0.740. The molecule has 0 amide bonds. The highest BCUT2D eigenvalue weighted by molar-refractivity contribution is 9.10. The first-order valence-electron chi connectivity index (χ1n) is 5.29. The number of fused-ring (bicyclic) bond motifs is 1. The minimum Gasteiger partial charge on any atom is -0.454 e. The number of ether oxygens (including phenoxy) is 2. The van der Waals surface area contributed by atoms with Gasteiger partial charge in [-0.05, 0) is 24.7 Å². The summed E-state index contributed by atoms with van der Waals surface area (Å²) in [5.41, 5.74) is 1.28. The van der Waals surface area contributed by atoms with Crippen LogP contribution in [-0.2, 0) is 5.41 Å². The normalized spacial score (nSPS) is 14.2. The standard InChI is InChI=1S/C12H16BrNO2/c1-12(2,6-14-3)8-4-10-11(5-9(8)13)16-7-15-10/h4-5,14H,6-7H2,1-3H3. The average molecular weight is 286 g/mol. The molecule has 0 saturated heterocycles. The fraction of sp³-hybridized carbons (Fsp3) is 0.500. The van der Waals surface area contributed by atoms with E-state index in [0.717, 1.165) is 22.5 Å². The van der Waals surface area contributed by atoms with Crippen LogP contribution in [0.1, 0.15) is 19.4 Å². The van der Waals surface area contributed by atoms with E-state index in [4.69, 9.17) is 9.47 Å². The highest BCUT2D eigenvalue weighted by atomic mass is 79.9. The molecule has 88 valence electrons. The van der Waals surface area contributed by atoms with Gasteiger partial charge in [-0.15, -0.1) is 0 Å². The van der Waals surface area contributed by atoms with E-state index in [2.05, 4.69) is 41.2 Å². The fourth-order valence-electron chi connectivity index (χ4n) is 1.97. The summed E-state index contributed by atoms with van der Waals surface area (Å²) in [6.45, 7) is 5.63. The van der Waals surface area contributed by atoms with Gasteiger partial charge in [0.1, 0.15) is 0 Å². The van der Waals surface area contributed by atoms with Crippen LogP contribution < -0.4 is 14.8 Å². The third kappa shape index (κ3) is 2.04. The zero-order valence-electron chi connectivity index (χ0n) is 9.76. The summed E-state index contributed by atoms with van der Waals surface area (Å²) in [7, 11) is 1.96. The molecule has 0 atom stereocenters. The summed E-state index contributed by atoms with van der Waals surface area (Å²) in [5, 5.41) is 3.21. The minimum atomic E-state index is 0.0502. The maximum absolute atomic E-state index is 5.40. The third-order valence-electron chi connectivity index (χ3n) is 2.81. The predicted octanol–water partition coefficient (Wildman–Crippen LogP) is 2.67. The van der Waals surface area contributed by atoms with Gasteiger partial charge in [0.05, 0.1) is 0 Å². The molecule has 0 bridgehead atoms. The lowest BCUT2D eigenvalue weighted by Gasteiger charge is -2.26. The first-order chi connectivity index (χ1) is 7.54. The van der Waals surface area contributed by atoms with Crippen molar-refractivity contribution in [2.75, 3.05) is 20.4 Å². The SMILES string of the molecule is CNCC(C)(C)c1cc2c(cc1Br)OCO2. The summed E-state index contributed by atoms with van der Waals surface area (Å²) in [6.07, 6.45) is 0. The molecular weight excluding hydrogens is 270 g/mol. The summed E-state index contributed by atoms with van der Waals surface area (Å²) >= 11 is 3.59. The molecule has 1 aromatic rings. The Morgan fingerprint density at radius 2 is 1.94 bits per heavy atom. The Morgan fingerprint density at radius 1 is 1.31 bits per heavy atom. The molecule has 0 fully saturated rings. The van der Waals surface area contributed by atoms with Crippen LogP contribution in [0, 0.1) is 0 Å². The van der Waals surface area contributed by atoms with Crippen LogP contribution in [0.5, 0.6) is 11.5 Å². The molecule has 0 radical (unpaired) electrons. The quantitative estimate of drug-likeness (QED) is 0.926. The van der Waals surface area contributed by atoms with Gasteiger partial charge in [-0.1, -0.05) is 29.8 Å². The van der Waals surface area contributed by atoms with Crippen molar-refractivity contribution in [3.8, 4) is 11.5 Å². The van der Waals surface area contributed by atoms with Crippen molar-refractivity contribution in [1.82, 2.24) is 5.32 Å². The number of nitrogens with one attached hydrogen (secondary N) is 1. The first kappa shape index (κ1) is 11.7. The Morgan fingerprint density at radius 3 is 2.56 bits per heavy atom. The Labute approximate surface area is 104 Å². The van der Waals surface area contributed by atoms with Gasteiger partial charge in [0, 0.05) is 16.4 Å². The zero-order chi connectivity index (χ0) is 11.8.